The van der Waals surface area contributed by atoms with Crippen molar-refractivity contribution in [1.29, 1.82) is 0 Å². The van der Waals surface area contributed by atoms with Crippen LogP contribution < -0.4 is 14.2 Å². The van der Waals surface area contributed by atoms with Crippen LogP contribution in [0.25, 0.3) is 0 Å². The third kappa shape index (κ3) is 4.84. The van der Waals surface area contributed by atoms with Crippen molar-refractivity contribution in [2.24, 2.45) is 0 Å². The average Bonchev–Trinajstić information content (AvgIpc) is 3.27. The average molecular weight is 413 g/mol. The van der Waals surface area contributed by atoms with Gasteiger partial charge in [0.1, 0.15) is 17.2 Å². The Morgan fingerprint density at radius 1 is 1.03 bits per heavy atom. The van der Waals surface area contributed by atoms with Crippen molar-refractivity contribution in [3.63, 3.8) is 0 Å². The van der Waals surface area contributed by atoms with Crippen LogP contribution in [0.4, 0.5) is 0 Å². The fourth-order valence-electron chi connectivity index (χ4n) is 3.64. The second kappa shape index (κ2) is 10.0. The number of nitrogens with zero attached hydrogens (tertiary/aromatic N) is 1. The summed E-state index contributed by atoms with van der Waals surface area (Å²) in [6.07, 6.45) is 1.67. The first-order valence-electron chi connectivity index (χ1n) is 9.98. The molecule has 0 N–H and O–H groups in total. The van der Waals surface area contributed by atoms with Gasteiger partial charge >= 0.3 is 5.97 Å². The van der Waals surface area contributed by atoms with Gasteiger partial charge < -0.3 is 23.8 Å². The van der Waals surface area contributed by atoms with Crippen molar-refractivity contribution >= 4 is 11.9 Å². The molecule has 7 nitrogen and oxygen atoms in total. The van der Waals surface area contributed by atoms with E-state index in [2.05, 4.69) is 0 Å². The third-order valence-electron chi connectivity index (χ3n) is 5.10. The van der Waals surface area contributed by atoms with Gasteiger partial charge in [-0.1, -0.05) is 0 Å². The monoisotopic (exact) mass is 413 g/mol. The quantitative estimate of drug-likeness (QED) is 0.616. The zero-order chi connectivity index (χ0) is 21.5. The van der Waals surface area contributed by atoms with E-state index in [1.807, 2.05) is 25.1 Å². The van der Waals surface area contributed by atoms with E-state index in [-0.39, 0.29) is 18.6 Å². The van der Waals surface area contributed by atoms with Crippen LogP contribution in [-0.2, 0) is 9.53 Å². The van der Waals surface area contributed by atoms with Gasteiger partial charge in [-0.3, -0.25) is 4.79 Å². The number of likely N-dealkylation sites (tertiary alicyclic amines) is 1. The minimum Gasteiger partial charge on any atom is -0.497 e. The number of ether oxygens (including phenoxy) is 4. The summed E-state index contributed by atoms with van der Waals surface area (Å²) in [5.74, 6) is 1.30. The van der Waals surface area contributed by atoms with Crippen LogP contribution in [0, 0.1) is 0 Å². The molecular formula is C23H27NO6. The van der Waals surface area contributed by atoms with Crippen molar-refractivity contribution in [3.05, 3.63) is 53.6 Å². The number of hydrogen-bond donors (Lipinski definition) is 0. The molecule has 0 saturated carbocycles. The zero-order valence-corrected chi connectivity index (χ0v) is 17.6. The lowest BCUT2D eigenvalue weighted by molar-refractivity contribution is -0.135. The first-order valence-corrected chi connectivity index (χ1v) is 9.98. The number of carbonyl (C=O) groups is 2. The molecule has 0 bridgehead atoms. The molecule has 0 aliphatic carbocycles. The number of methoxy groups -OCH3 is 2. The summed E-state index contributed by atoms with van der Waals surface area (Å²) in [6, 6.07) is 12.0. The molecule has 0 spiro atoms. The van der Waals surface area contributed by atoms with Crippen LogP contribution in [0.5, 0.6) is 17.2 Å². The molecule has 1 saturated heterocycles. The summed E-state index contributed by atoms with van der Waals surface area (Å²) in [6.45, 7) is 2.73. The minimum absolute atomic E-state index is 0.147. The van der Waals surface area contributed by atoms with E-state index in [4.69, 9.17) is 18.9 Å². The van der Waals surface area contributed by atoms with Crippen LogP contribution in [-0.4, -0.2) is 50.8 Å². The maximum Gasteiger partial charge on any atom is 0.338 e. The molecule has 1 aliphatic heterocycles. The summed E-state index contributed by atoms with van der Waals surface area (Å²) in [5.41, 5.74) is 1.26. The molecule has 2 aromatic carbocycles. The highest BCUT2D eigenvalue weighted by molar-refractivity contribution is 5.91. The SMILES string of the molecule is CCOc1ccc(C(=O)OCC(=O)N2CCC[C@@H]2c2cc(OC)ccc2OC)cc1. The molecule has 1 aliphatic rings. The molecule has 30 heavy (non-hydrogen) atoms. The second-order valence-corrected chi connectivity index (χ2v) is 6.89. The second-order valence-electron chi connectivity index (χ2n) is 6.89. The van der Waals surface area contributed by atoms with E-state index in [9.17, 15) is 9.59 Å². The highest BCUT2D eigenvalue weighted by Crippen LogP contribution is 2.38. The van der Waals surface area contributed by atoms with Gasteiger partial charge in [-0.15, -0.1) is 0 Å². The molecular weight excluding hydrogens is 386 g/mol. The van der Waals surface area contributed by atoms with Gasteiger partial charge in [0, 0.05) is 12.1 Å². The molecule has 1 fully saturated rings. The standard InChI is InChI=1S/C23H27NO6/c1-4-29-17-9-7-16(8-10-17)23(26)30-15-22(25)24-13-5-6-20(24)19-14-18(27-2)11-12-21(19)28-3/h7-12,14,20H,4-6,13,15H2,1-3H3/t20-/m1/s1. The molecule has 1 amide bonds. The highest BCUT2D eigenvalue weighted by atomic mass is 16.5. The molecule has 0 aromatic heterocycles. The maximum absolute atomic E-state index is 12.8. The van der Waals surface area contributed by atoms with Gasteiger partial charge in [-0.05, 0) is 62.2 Å². The first-order chi connectivity index (χ1) is 14.6. The Morgan fingerprint density at radius 2 is 1.77 bits per heavy atom. The van der Waals surface area contributed by atoms with Crippen LogP contribution in [0.2, 0.25) is 0 Å². The Morgan fingerprint density at radius 3 is 2.43 bits per heavy atom. The Balaban J connectivity index is 1.65. The van der Waals surface area contributed by atoms with Crippen molar-refractivity contribution in [3.8, 4) is 17.2 Å². The van der Waals surface area contributed by atoms with Crippen molar-refractivity contribution in [2.45, 2.75) is 25.8 Å². The van der Waals surface area contributed by atoms with E-state index in [0.717, 1.165) is 18.4 Å². The van der Waals surface area contributed by atoms with Crippen molar-refractivity contribution < 1.29 is 28.5 Å². The summed E-state index contributed by atoms with van der Waals surface area (Å²) in [5, 5.41) is 0. The number of hydrogen-bond acceptors (Lipinski definition) is 6. The normalized spacial score (nSPS) is 15.6. The summed E-state index contributed by atoms with van der Waals surface area (Å²) >= 11 is 0. The smallest absolute Gasteiger partial charge is 0.338 e. The fourth-order valence-corrected chi connectivity index (χ4v) is 3.64. The highest BCUT2D eigenvalue weighted by Gasteiger charge is 2.32. The van der Waals surface area contributed by atoms with Gasteiger partial charge in [0.2, 0.25) is 0 Å². The lowest BCUT2D eigenvalue weighted by Crippen LogP contribution is -2.34. The van der Waals surface area contributed by atoms with E-state index in [1.54, 1.807) is 43.4 Å². The van der Waals surface area contributed by atoms with E-state index in [0.29, 0.717) is 36.0 Å². The topological polar surface area (TPSA) is 74.3 Å². The molecule has 0 radical (unpaired) electrons. The zero-order valence-electron chi connectivity index (χ0n) is 17.6. The van der Waals surface area contributed by atoms with Crippen LogP contribution in [0.3, 0.4) is 0 Å². The number of benzene rings is 2. The maximum atomic E-state index is 12.8. The lowest BCUT2D eigenvalue weighted by atomic mass is 10.0. The molecule has 0 unspecified atom stereocenters. The van der Waals surface area contributed by atoms with Gasteiger partial charge in [0.25, 0.3) is 5.91 Å². The Hall–Kier alpha value is -3.22. The van der Waals surface area contributed by atoms with E-state index >= 15 is 0 Å². The Bertz CT molecular complexity index is 880. The van der Waals surface area contributed by atoms with E-state index < -0.39 is 5.97 Å². The van der Waals surface area contributed by atoms with Gasteiger partial charge in [-0.2, -0.15) is 0 Å². The summed E-state index contributed by atoms with van der Waals surface area (Å²) < 4.78 is 21.4. The molecule has 1 heterocycles. The number of amides is 1. The van der Waals surface area contributed by atoms with Crippen LogP contribution in [0.1, 0.15) is 41.7 Å². The molecule has 3 rings (SSSR count). The summed E-state index contributed by atoms with van der Waals surface area (Å²) in [7, 11) is 3.20. The van der Waals surface area contributed by atoms with Crippen molar-refractivity contribution in [1.82, 2.24) is 4.90 Å². The number of carbonyl (C=O) groups excluding carboxylic acids is 2. The van der Waals surface area contributed by atoms with Gasteiger partial charge in [0.15, 0.2) is 6.61 Å². The lowest BCUT2D eigenvalue weighted by Gasteiger charge is -2.26. The predicted octanol–water partition coefficient (Wildman–Crippen LogP) is 3.62. The Kier molecular flexibility index (Phi) is 7.17. The largest absolute Gasteiger partial charge is 0.497 e. The number of esters is 1. The minimum atomic E-state index is -0.541. The number of rotatable bonds is 8. The molecule has 2 aromatic rings. The van der Waals surface area contributed by atoms with Gasteiger partial charge in [-0.25, -0.2) is 4.79 Å². The predicted molar refractivity (Wildman–Crippen MR) is 111 cm³/mol. The van der Waals surface area contributed by atoms with Crippen molar-refractivity contribution in [2.75, 3.05) is 34.0 Å². The van der Waals surface area contributed by atoms with Crippen LogP contribution >= 0.6 is 0 Å². The Labute approximate surface area is 176 Å². The fraction of sp³-hybridized carbons (Fsp3) is 0.391. The summed E-state index contributed by atoms with van der Waals surface area (Å²) in [4.78, 5) is 26.9. The third-order valence-corrected chi connectivity index (χ3v) is 5.10. The van der Waals surface area contributed by atoms with Crippen LogP contribution in [0.15, 0.2) is 42.5 Å². The molecule has 160 valence electrons. The van der Waals surface area contributed by atoms with E-state index in [1.165, 1.54) is 0 Å². The first kappa shape index (κ1) is 21.5. The molecule has 1 atom stereocenters. The molecule has 7 heteroatoms. The van der Waals surface area contributed by atoms with Gasteiger partial charge in [0.05, 0.1) is 32.4 Å².